The lowest BCUT2D eigenvalue weighted by Crippen LogP contribution is -2.53. The first-order valence-corrected chi connectivity index (χ1v) is 10.1. The van der Waals surface area contributed by atoms with E-state index in [2.05, 4.69) is 15.9 Å². The summed E-state index contributed by atoms with van der Waals surface area (Å²) in [5, 5.41) is 0. The van der Waals surface area contributed by atoms with Crippen LogP contribution in [0.4, 0.5) is 0 Å². The molecular formula is C21H18BrN3O6. The maximum absolute atomic E-state index is 13.5. The summed E-state index contributed by atoms with van der Waals surface area (Å²) in [4.78, 5) is 52.7. The van der Waals surface area contributed by atoms with Gasteiger partial charge in [-0.05, 0) is 29.8 Å². The van der Waals surface area contributed by atoms with Crippen LogP contribution in [0.2, 0.25) is 0 Å². The van der Waals surface area contributed by atoms with Gasteiger partial charge in [-0.1, -0.05) is 46.3 Å². The normalized spacial score (nSPS) is 16.5. The summed E-state index contributed by atoms with van der Waals surface area (Å²) in [6.07, 6.45) is -0.200. The van der Waals surface area contributed by atoms with Crippen molar-refractivity contribution in [1.82, 2.24) is 13.9 Å². The summed E-state index contributed by atoms with van der Waals surface area (Å²) in [5.74, 6) is -1.97. The average molecular weight is 488 g/mol. The number of methoxy groups -OCH3 is 2. The fourth-order valence-electron chi connectivity index (χ4n) is 4.03. The van der Waals surface area contributed by atoms with Crippen molar-refractivity contribution in [3.8, 4) is 5.69 Å². The Morgan fingerprint density at radius 1 is 0.935 bits per heavy atom. The molecule has 10 heteroatoms. The zero-order valence-corrected chi connectivity index (χ0v) is 18.2. The molecule has 1 atom stereocenters. The second-order valence-electron chi connectivity index (χ2n) is 7.01. The molecule has 2 aromatic carbocycles. The molecule has 0 spiro atoms. The standard InChI is InChI=1S/C21H18BrN3O6/c1-30-17(26)21(18(27)31-2)12-16(13-8-10-14(22)11-9-13)24-19(28)23(20(29)25(21)24)15-6-4-3-5-7-15/h3-11,16H,12H2,1-2H3. The molecule has 31 heavy (non-hydrogen) atoms. The lowest BCUT2D eigenvalue weighted by Gasteiger charge is -2.23. The minimum Gasteiger partial charge on any atom is -0.467 e. The first kappa shape index (κ1) is 20.9. The number of aromatic nitrogens is 3. The van der Waals surface area contributed by atoms with Gasteiger partial charge in [0.05, 0.1) is 25.9 Å². The van der Waals surface area contributed by atoms with Crippen LogP contribution in [-0.4, -0.2) is 40.1 Å². The van der Waals surface area contributed by atoms with E-state index < -0.39 is 34.9 Å². The van der Waals surface area contributed by atoms with Gasteiger partial charge in [0, 0.05) is 10.9 Å². The molecule has 1 aromatic heterocycles. The second-order valence-corrected chi connectivity index (χ2v) is 7.92. The van der Waals surface area contributed by atoms with Crippen LogP contribution in [0.5, 0.6) is 0 Å². The van der Waals surface area contributed by atoms with E-state index in [1.165, 1.54) is 0 Å². The number of halogens is 1. The lowest BCUT2D eigenvalue weighted by atomic mass is 9.90. The van der Waals surface area contributed by atoms with Crippen LogP contribution >= 0.6 is 15.9 Å². The zero-order chi connectivity index (χ0) is 22.3. The Labute approximate surface area is 184 Å². The predicted molar refractivity (Wildman–Crippen MR) is 113 cm³/mol. The van der Waals surface area contributed by atoms with Gasteiger partial charge in [0.25, 0.3) is 5.54 Å². The van der Waals surface area contributed by atoms with Crippen LogP contribution in [0.1, 0.15) is 18.0 Å². The van der Waals surface area contributed by atoms with Crippen molar-refractivity contribution in [2.24, 2.45) is 0 Å². The third-order valence-electron chi connectivity index (χ3n) is 5.44. The first-order valence-electron chi connectivity index (χ1n) is 9.31. The topological polar surface area (TPSA) is 102 Å². The molecule has 0 N–H and O–H groups in total. The van der Waals surface area contributed by atoms with Gasteiger partial charge in [-0.3, -0.25) is 0 Å². The Morgan fingerprint density at radius 3 is 2.06 bits per heavy atom. The van der Waals surface area contributed by atoms with Crippen molar-refractivity contribution in [2.45, 2.75) is 18.0 Å². The lowest BCUT2D eigenvalue weighted by molar-refractivity contribution is -0.167. The Kier molecular flexibility index (Phi) is 5.18. The van der Waals surface area contributed by atoms with E-state index in [1.54, 1.807) is 54.6 Å². The molecule has 0 saturated carbocycles. The molecule has 9 nitrogen and oxygen atoms in total. The molecule has 0 amide bonds. The van der Waals surface area contributed by atoms with Crippen molar-refractivity contribution in [2.75, 3.05) is 14.2 Å². The highest BCUT2D eigenvalue weighted by atomic mass is 79.9. The third-order valence-corrected chi connectivity index (χ3v) is 5.96. The van der Waals surface area contributed by atoms with Crippen molar-refractivity contribution >= 4 is 27.9 Å². The molecular weight excluding hydrogens is 470 g/mol. The Morgan fingerprint density at radius 2 is 1.52 bits per heavy atom. The molecule has 4 rings (SSSR count). The molecule has 0 radical (unpaired) electrons. The average Bonchev–Trinajstić information content (AvgIpc) is 3.28. The van der Waals surface area contributed by atoms with Crippen LogP contribution in [0.3, 0.4) is 0 Å². The highest BCUT2D eigenvalue weighted by Gasteiger charge is 2.60. The second kappa shape index (κ2) is 7.69. The Balaban J connectivity index is 2.08. The molecule has 160 valence electrons. The van der Waals surface area contributed by atoms with Crippen LogP contribution in [0.25, 0.3) is 5.69 Å². The fourth-order valence-corrected chi connectivity index (χ4v) is 4.30. The van der Waals surface area contributed by atoms with E-state index in [0.717, 1.165) is 32.6 Å². The first-order chi connectivity index (χ1) is 14.9. The molecule has 1 aliphatic heterocycles. The van der Waals surface area contributed by atoms with Gasteiger partial charge in [-0.2, -0.15) is 0 Å². The molecule has 0 fully saturated rings. The minimum atomic E-state index is -2.14. The smallest absolute Gasteiger partial charge is 0.353 e. The van der Waals surface area contributed by atoms with E-state index in [9.17, 15) is 19.2 Å². The van der Waals surface area contributed by atoms with Crippen LogP contribution in [0.15, 0.2) is 68.7 Å². The Hall–Kier alpha value is -3.40. The number of nitrogens with zero attached hydrogens (tertiary/aromatic N) is 3. The number of benzene rings is 2. The third kappa shape index (κ3) is 2.97. The SMILES string of the molecule is COC(=O)C1(C(=O)OC)CC(c2ccc(Br)cc2)n2c(=O)n(-c3ccccc3)c(=O)n21. The van der Waals surface area contributed by atoms with E-state index in [1.807, 2.05) is 0 Å². The minimum absolute atomic E-state index is 0.200. The number of hydrogen-bond donors (Lipinski definition) is 0. The number of ether oxygens (including phenoxy) is 2. The molecule has 2 heterocycles. The summed E-state index contributed by atoms with van der Waals surface area (Å²) in [6, 6.07) is 14.5. The van der Waals surface area contributed by atoms with Crippen LogP contribution in [0, 0.1) is 0 Å². The van der Waals surface area contributed by atoms with Crippen LogP contribution in [-0.2, 0) is 24.6 Å². The summed E-state index contributed by atoms with van der Waals surface area (Å²) in [7, 11) is 2.23. The maximum Gasteiger partial charge on any atom is 0.353 e. The van der Waals surface area contributed by atoms with E-state index in [-0.39, 0.29) is 6.42 Å². The van der Waals surface area contributed by atoms with Crippen molar-refractivity contribution in [3.63, 3.8) is 0 Å². The monoisotopic (exact) mass is 487 g/mol. The van der Waals surface area contributed by atoms with Crippen molar-refractivity contribution < 1.29 is 19.1 Å². The summed E-state index contributed by atoms with van der Waals surface area (Å²) in [6.45, 7) is 0. The highest BCUT2D eigenvalue weighted by molar-refractivity contribution is 9.10. The molecule has 3 aromatic rings. The summed E-state index contributed by atoms with van der Waals surface area (Å²) in [5.41, 5.74) is -2.72. The number of carbonyl (C=O) groups is 2. The predicted octanol–water partition coefficient (Wildman–Crippen LogP) is 1.60. The van der Waals surface area contributed by atoms with Crippen LogP contribution < -0.4 is 11.4 Å². The molecule has 0 aliphatic carbocycles. The van der Waals surface area contributed by atoms with Gasteiger partial charge in [0.1, 0.15) is 0 Å². The number of hydrogen-bond acceptors (Lipinski definition) is 6. The number of carbonyl (C=O) groups excluding carboxylic acids is 2. The largest absolute Gasteiger partial charge is 0.467 e. The number of fused-ring (bicyclic) bond motifs is 1. The number of esters is 2. The van der Waals surface area contributed by atoms with Crippen molar-refractivity contribution in [3.05, 3.63) is 85.6 Å². The van der Waals surface area contributed by atoms with Gasteiger partial charge in [-0.15, -0.1) is 0 Å². The van der Waals surface area contributed by atoms with Gasteiger partial charge < -0.3 is 9.47 Å². The Bertz CT molecular complexity index is 1260. The number of para-hydroxylation sites is 1. The van der Waals surface area contributed by atoms with Gasteiger partial charge in [-0.25, -0.2) is 33.1 Å². The summed E-state index contributed by atoms with van der Waals surface area (Å²) < 4.78 is 13.5. The zero-order valence-electron chi connectivity index (χ0n) is 16.6. The molecule has 1 aliphatic rings. The van der Waals surface area contributed by atoms with Gasteiger partial charge in [0.15, 0.2) is 0 Å². The van der Waals surface area contributed by atoms with Gasteiger partial charge >= 0.3 is 23.3 Å². The quantitative estimate of drug-likeness (QED) is 0.409. The fraction of sp³-hybridized carbons (Fsp3) is 0.238. The summed E-state index contributed by atoms with van der Waals surface area (Å²) >= 11 is 3.36. The molecule has 1 unspecified atom stereocenters. The van der Waals surface area contributed by atoms with Gasteiger partial charge in [0.2, 0.25) is 0 Å². The molecule has 0 saturated heterocycles. The van der Waals surface area contributed by atoms with E-state index in [0.29, 0.717) is 11.3 Å². The number of rotatable bonds is 4. The molecule has 0 bridgehead atoms. The highest BCUT2D eigenvalue weighted by Crippen LogP contribution is 2.39. The van der Waals surface area contributed by atoms with Crippen molar-refractivity contribution in [1.29, 1.82) is 0 Å². The van der Waals surface area contributed by atoms with E-state index >= 15 is 0 Å². The van der Waals surface area contributed by atoms with E-state index in [4.69, 9.17) is 9.47 Å². The maximum atomic E-state index is 13.5.